The molecule has 30 heavy (non-hydrogen) atoms. The maximum atomic E-state index is 12.7. The second-order valence-corrected chi connectivity index (χ2v) is 7.54. The molecule has 0 saturated carbocycles. The number of benzene rings is 1. The van der Waals surface area contributed by atoms with Crippen molar-refractivity contribution in [3.05, 3.63) is 65.1 Å². The fourth-order valence-electron chi connectivity index (χ4n) is 3.57. The Labute approximate surface area is 175 Å². The minimum atomic E-state index is -0.111. The molecule has 0 unspecified atom stereocenters. The highest BCUT2D eigenvalue weighted by molar-refractivity contribution is 5.92. The van der Waals surface area contributed by atoms with E-state index >= 15 is 0 Å². The van der Waals surface area contributed by atoms with Crippen LogP contribution < -0.4 is 5.32 Å². The largest absolute Gasteiger partial charge is 0.461 e. The molecule has 3 heterocycles. The van der Waals surface area contributed by atoms with Gasteiger partial charge in [-0.25, -0.2) is 4.98 Å². The van der Waals surface area contributed by atoms with E-state index in [1.54, 1.807) is 42.2 Å². The van der Waals surface area contributed by atoms with E-state index in [0.29, 0.717) is 18.9 Å². The molecule has 1 aliphatic heterocycles. The zero-order chi connectivity index (χ0) is 21.3. The minimum absolute atomic E-state index is 0.0176. The summed E-state index contributed by atoms with van der Waals surface area (Å²) in [5, 5.41) is 4.08. The molecule has 1 aromatic carbocycles. The first kappa shape index (κ1) is 19.7. The van der Waals surface area contributed by atoms with Crippen LogP contribution in [0.25, 0.3) is 17.0 Å². The maximum absolute atomic E-state index is 12.7. The van der Waals surface area contributed by atoms with Gasteiger partial charge in [-0.15, -0.1) is 0 Å². The number of carbonyl (C=O) groups is 2. The number of amides is 2. The first-order valence-corrected chi connectivity index (χ1v) is 9.79. The SMILES string of the molecule is Cc1oc2ccccc2c1CN(C)C(=O)C=Cc1cnc2c(c1)CN(C)C(=O)CN2. The van der Waals surface area contributed by atoms with E-state index in [0.717, 1.165) is 33.4 Å². The molecule has 3 aromatic rings. The fraction of sp³-hybridized carbons (Fsp3) is 0.261. The Bertz CT molecular complexity index is 1150. The number of pyridine rings is 1. The van der Waals surface area contributed by atoms with Gasteiger partial charge in [0.1, 0.15) is 17.2 Å². The summed E-state index contributed by atoms with van der Waals surface area (Å²) in [5.41, 5.74) is 3.58. The summed E-state index contributed by atoms with van der Waals surface area (Å²) < 4.78 is 5.79. The Balaban J connectivity index is 1.48. The Morgan fingerprint density at radius 3 is 3.00 bits per heavy atom. The van der Waals surface area contributed by atoms with Crippen LogP contribution in [0.1, 0.15) is 22.5 Å². The van der Waals surface area contributed by atoms with E-state index in [4.69, 9.17) is 4.42 Å². The molecule has 154 valence electrons. The second-order valence-electron chi connectivity index (χ2n) is 7.54. The van der Waals surface area contributed by atoms with E-state index < -0.39 is 0 Å². The predicted octanol–water partition coefficient (Wildman–Crippen LogP) is 3.19. The number of furan rings is 1. The van der Waals surface area contributed by atoms with Gasteiger partial charge in [0.15, 0.2) is 0 Å². The summed E-state index contributed by atoms with van der Waals surface area (Å²) in [6.45, 7) is 3.10. The molecular formula is C23H24N4O3. The van der Waals surface area contributed by atoms with Crippen molar-refractivity contribution in [3.8, 4) is 0 Å². The predicted molar refractivity (Wildman–Crippen MR) is 116 cm³/mol. The molecule has 0 fully saturated rings. The third-order valence-corrected chi connectivity index (χ3v) is 5.32. The van der Waals surface area contributed by atoms with Crippen molar-refractivity contribution in [2.75, 3.05) is 26.0 Å². The maximum Gasteiger partial charge on any atom is 0.246 e. The van der Waals surface area contributed by atoms with Crippen molar-refractivity contribution in [3.63, 3.8) is 0 Å². The molecule has 0 bridgehead atoms. The molecule has 0 spiro atoms. The van der Waals surface area contributed by atoms with E-state index in [9.17, 15) is 9.59 Å². The van der Waals surface area contributed by atoms with Gasteiger partial charge in [0.05, 0.1) is 6.54 Å². The van der Waals surface area contributed by atoms with Gasteiger partial charge in [-0.2, -0.15) is 0 Å². The molecule has 4 rings (SSSR count). The summed E-state index contributed by atoms with van der Waals surface area (Å²) in [4.78, 5) is 32.2. The number of carbonyl (C=O) groups excluding carboxylic acids is 2. The molecule has 0 radical (unpaired) electrons. The van der Waals surface area contributed by atoms with Gasteiger partial charge in [0.2, 0.25) is 11.8 Å². The molecule has 7 heteroatoms. The van der Waals surface area contributed by atoms with E-state index in [2.05, 4.69) is 10.3 Å². The highest BCUT2D eigenvalue weighted by Gasteiger charge is 2.18. The van der Waals surface area contributed by atoms with Crippen LogP contribution >= 0.6 is 0 Å². The van der Waals surface area contributed by atoms with Crippen LogP contribution in [0.2, 0.25) is 0 Å². The van der Waals surface area contributed by atoms with Crippen molar-refractivity contribution in [1.29, 1.82) is 0 Å². The molecule has 7 nitrogen and oxygen atoms in total. The molecule has 1 aliphatic rings. The molecule has 1 N–H and O–H groups in total. The number of nitrogens with zero attached hydrogens (tertiary/aromatic N) is 3. The highest BCUT2D eigenvalue weighted by Crippen LogP contribution is 2.26. The number of fused-ring (bicyclic) bond motifs is 2. The zero-order valence-corrected chi connectivity index (χ0v) is 17.3. The van der Waals surface area contributed by atoms with Gasteiger partial charge in [-0.1, -0.05) is 18.2 Å². The van der Waals surface area contributed by atoms with Crippen LogP contribution in [0.5, 0.6) is 0 Å². The van der Waals surface area contributed by atoms with E-state index in [-0.39, 0.29) is 18.4 Å². The van der Waals surface area contributed by atoms with Gasteiger partial charge in [0, 0.05) is 56.0 Å². The average molecular weight is 404 g/mol. The number of hydrogen-bond acceptors (Lipinski definition) is 5. The van der Waals surface area contributed by atoms with Gasteiger partial charge >= 0.3 is 0 Å². The Morgan fingerprint density at radius 2 is 2.17 bits per heavy atom. The lowest BCUT2D eigenvalue weighted by molar-refractivity contribution is -0.128. The first-order valence-electron chi connectivity index (χ1n) is 9.79. The normalized spacial score (nSPS) is 14.0. The quantitative estimate of drug-likeness (QED) is 0.676. The van der Waals surface area contributed by atoms with Gasteiger partial charge in [-0.3, -0.25) is 9.59 Å². The number of aromatic nitrogens is 1. The smallest absolute Gasteiger partial charge is 0.246 e. The molecule has 2 aromatic heterocycles. The van der Waals surface area contributed by atoms with Crippen molar-refractivity contribution < 1.29 is 14.0 Å². The van der Waals surface area contributed by atoms with Crippen LogP contribution in [0.4, 0.5) is 5.82 Å². The van der Waals surface area contributed by atoms with Crippen LogP contribution in [0, 0.1) is 6.92 Å². The number of rotatable bonds is 4. The summed E-state index contributed by atoms with van der Waals surface area (Å²) >= 11 is 0. The Hall–Kier alpha value is -3.61. The molecule has 0 aliphatic carbocycles. The number of hydrogen-bond donors (Lipinski definition) is 1. The highest BCUT2D eigenvalue weighted by atomic mass is 16.3. The van der Waals surface area contributed by atoms with E-state index in [1.165, 1.54) is 0 Å². The third-order valence-electron chi connectivity index (χ3n) is 5.32. The monoisotopic (exact) mass is 404 g/mol. The lowest BCUT2D eigenvalue weighted by Crippen LogP contribution is -2.28. The number of nitrogens with one attached hydrogen (secondary N) is 1. The summed E-state index contributed by atoms with van der Waals surface area (Å²) in [6, 6.07) is 9.78. The van der Waals surface area contributed by atoms with Crippen LogP contribution in [-0.2, 0) is 22.7 Å². The average Bonchev–Trinajstić information content (AvgIpc) is 2.97. The molecule has 0 saturated heterocycles. The van der Waals surface area contributed by atoms with E-state index in [1.807, 2.05) is 37.3 Å². The number of likely N-dealkylation sites (N-methyl/N-ethyl adjacent to an activating group) is 2. The standard InChI is InChI=1S/C23H24N4O3/c1-15-19(18-6-4-5-7-20(18)30-15)14-27(3)21(28)9-8-16-10-17-13-26(2)22(29)12-25-23(17)24-11-16/h4-11H,12-14H2,1-3H3,(H,24,25). The third kappa shape index (κ3) is 3.91. The van der Waals surface area contributed by atoms with Gasteiger partial charge < -0.3 is 19.5 Å². The Morgan fingerprint density at radius 1 is 1.37 bits per heavy atom. The van der Waals surface area contributed by atoms with Gasteiger partial charge in [-0.05, 0) is 30.7 Å². The summed E-state index contributed by atoms with van der Waals surface area (Å²) in [7, 11) is 3.54. The van der Waals surface area contributed by atoms with Crippen molar-refractivity contribution >= 4 is 34.7 Å². The van der Waals surface area contributed by atoms with Crippen molar-refractivity contribution in [1.82, 2.24) is 14.8 Å². The second kappa shape index (κ2) is 8.02. The summed E-state index contributed by atoms with van der Waals surface area (Å²) in [5.74, 6) is 1.43. The van der Waals surface area contributed by atoms with Crippen LogP contribution in [0.15, 0.2) is 47.0 Å². The first-order chi connectivity index (χ1) is 14.4. The number of anilines is 1. The number of para-hydroxylation sites is 1. The van der Waals surface area contributed by atoms with Gasteiger partial charge in [0.25, 0.3) is 0 Å². The van der Waals surface area contributed by atoms with Crippen LogP contribution in [-0.4, -0.2) is 47.2 Å². The topological polar surface area (TPSA) is 78.7 Å². The number of aryl methyl sites for hydroxylation is 1. The minimum Gasteiger partial charge on any atom is -0.461 e. The Kier molecular flexibility index (Phi) is 5.27. The van der Waals surface area contributed by atoms with Crippen LogP contribution in [0.3, 0.4) is 0 Å². The fourth-order valence-corrected chi connectivity index (χ4v) is 3.57. The lowest BCUT2D eigenvalue weighted by atomic mass is 10.1. The summed E-state index contributed by atoms with van der Waals surface area (Å²) in [6.07, 6.45) is 4.98. The van der Waals surface area contributed by atoms with Crippen molar-refractivity contribution in [2.24, 2.45) is 0 Å². The molecule has 2 amide bonds. The molecule has 0 atom stereocenters. The molecular weight excluding hydrogens is 380 g/mol. The zero-order valence-electron chi connectivity index (χ0n) is 17.3. The lowest BCUT2D eigenvalue weighted by Gasteiger charge is -2.15. The van der Waals surface area contributed by atoms with Crippen molar-refractivity contribution in [2.45, 2.75) is 20.0 Å².